The average molecular weight is 292 g/mol. The van der Waals surface area contributed by atoms with E-state index in [1.54, 1.807) is 0 Å². The van der Waals surface area contributed by atoms with Gasteiger partial charge < -0.3 is 15.4 Å². The zero-order valence-corrected chi connectivity index (χ0v) is 12.6. The number of hydrogen-bond donors (Lipinski definition) is 2. The summed E-state index contributed by atoms with van der Waals surface area (Å²) >= 11 is 0. The van der Waals surface area contributed by atoms with Crippen LogP contribution in [0.15, 0.2) is 30.3 Å². The summed E-state index contributed by atoms with van der Waals surface area (Å²) in [5, 5.41) is 5.52. The van der Waals surface area contributed by atoms with Crippen LogP contribution in [0.5, 0.6) is 5.75 Å². The van der Waals surface area contributed by atoms with Gasteiger partial charge in [-0.3, -0.25) is 9.59 Å². The molecule has 0 aliphatic carbocycles. The highest BCUT2D eigenvalue weighted by Crippen LogP contribution is 2.08. The summed E-state index contributed by atoms with van der Waals surface area (Å²) in [7, 11) is 0. The predicted octanol–water partition coefficient (Wildman–Crippen LogP) is 1.88. The molecule has 0 heterocycles. The van der Waals surface area contributed by atoms with Crippen molar-refractivity contribution in [2.75, 3.05) is 19.7 Å². The molecule has 1 aromatic carbocycles. The van der Waals surface area contributed by atoms with Crippen molar-refractivity contribution in [3.8, 4) is 5.75 Å². The van der Waals surface area contributed by atoms with Gasteiger partial charge in [0, 0.05) is 25.9 Å². The molecule has 116 valence electrons. The van der Waals surface area contributed by atoms with E-state index in [9.17, 15) is 9.59 Å². The number of amides is 2. The van der Waals surface area contributed by atoms with Gasteiger partial charge in [0.05, 0.1) is 6.61 Å². The second-order valence-electron chi connectivity index (χ2n) is 4.71. The van der Waals surface area contributed by atoms with Gasteiger partial charge in [-0.05, 0) is 25.0 Å². The van der Waals surface area contributed by atoms with Crippen LogP contribution in [0.3, 0.4) is 0 Å². The maximum absolute atomic E-state index is 11.5. The van der Waals surface area contributed by atoms with Crippen molar-refractivity contribution < 1.29 is 14.3 Å². The van der Waals surface area contributed by atoms with E-state index < -0.39 is 0 Å². The maximum atomic E-state index is 11.5. The minimum Gasteiger partial charge on any atom is -0.494 e. The number of ether oxygens (including phenoxy) is 1. The molecule has 0 aromatic heterocycles. The van der Waals surface area contributed by atoms with Gasteiger partial charge in [0.2, 0.25) is 11.8 Å². The van der Waals surface area contributed by atoms with Crippen molar-refractivity contribution in [2.24, 2.45) is 0 Å². The fourth-order valence-corrected chi connectivity index (χ4v) is 1.75. The van der Waals surface area contributed by atoms with Gasteiger partial charge in [0.25, 0.3) is 0 Å². The summed E-state index contributed by atoms with van der Waals surface area (Å²) in [6.45, 7) is 3.42. The van der Waals surface area contributed by atoms with Crippen molar-refractivity contribution in [3.63, 3.8) is 0 Å². The van der Waals surface area contributed by atoms with E-state index in [-0.39, 0.29) is 11.8 Å². The highest BCUT2D eigenvalue weighted by atomic mass is 16.5. The largest absolute Gasteiger partial charge is 0.494 e. The van der Waals surface area contributed by atoms with Crippen LogP contribution in [-0.4, -0.2) is 31.5 Å². The molecule has 1 aromatic rings. The number of rotatable bonds is 10. The lowest BCUT2D eigenvalue weighted by atomic mass is 10.3. The van der Waals surface area contributed by atoms with E-state index in [0.717, 1.165) is 12.2 Å². The van der Waals surface area contributed by atoms with Gasteiger partial charge in [-0.1, -0.05) is 25.1 Å². The van der Waals surface area contributed by atoms with E-state index >= 15 is 0 Å². The topological polar surface area (TPSA) is 67.4 Å². The highest BCUT2D eigenvalue weighted by molar-refractivity contribution is 5.77. The van der Waals surface area contributed by atoms with E-state index in [1.807, 2.05) is 37.3 Å². The molecule has 0 saturated heterocycles. The molecule has 5 nitrogen and oxygen atoms in total. The molecule has 2 N–H and O–H groups in total. The third-order valence-corrected chi connectivity index (χ3v) is 2.81. The Morgan fingerprint density at radius 3 is 2.24 bits per heavy atom. The SMILES string of the molecule is CCCC(=O)NCCNC(=O)CCCOc1ccccc1. The standard InChI is InChI=1S/C16H24N2O3/c1-2-7-15(19)17-11-12-18-16(20)10-6-13-21-14-8-4-3-5-9-14/h3-5,8-9H,2,6-7,10-13H2,1H3,(H,17,19)(H,18,20). The van der Waals surface area contributed by atoms with Crippen LogP contribution in [-0.2, 0) is 9.59 Å². The van der Waals surface area contributed by atoms with Crippen molar-refractivity contribution in [1.82, 2.24) is 10.6 Å². The molecular weight excluding hydrogens is 268 g/mol. The third kappa shape index (κ3) is 8.68. The Bertz CT molecular complexity index is 421. The van der Waals surface area contributed by atoms with Gasteiger partial charge in [-0.2, -0.15) is 0 Å². The second kappa shape index (κ2) is 10.7. The minimum absolute atomic E-state index is 0.0172. The molecule has 1 rings (SSSR count). The Hall–Kier alpha value is -2.04. The Morgan fingerprint density at radius 1 is 1.00 bits per heavy atom. The Balaban J connectivity index is 1.98. The molecule has 0 bridgehead atoms. The van der Waals surface area contributed by atoms with Crippen molar-refractivity contribution in [3.05, 3.63) is 30.3 Å². The number of nitrogens with one attached hydrogen (secondary N) is 2. The molecule has 0 spiro atoms. The summed E-state index contributed by atoms with van der Waals surface area (Å²) in [6.07, 6.45) is 2.46. The lowest BCUT2D eigenvalue weighted by Crippen LogP contribution is -2.34. The first kappa shape index (κ1) is 17.0. The normalized spacial score (nSPS) is 9.95. The Morgan fingerprint density at radius 2 is 1.62 bits per heavy atom. The molecule has 0 aliphatic rings. The van der Waals surface area contributed by atoms with Gasteiger partial charge in [-0.25, -0.2) is 0 Å². The molecule has 0 atom stereocenters. The van der Waals surface area contributed by atoms with E-state index in [0.29, 0.717) is 39.0 Å². The molecule has 0 aliphatic heterocycles. The van der Waals surface area contributed by atoms with Gasteiger partial charge >= 0.3 is 0 Å². The molecule has 0 radical (unpaired) electrons. The molecule has 0 saturated carbocycles. The molecular formula is C16H24N2O3. The Labute approximate surface area is 126 Å². The van der Waals surface area contributed by atoms with Crippen LogP contribution in [0.2, 0.25) is 0 Å². The Kier molecular flexibility index (Phi) is 8.68. The summed E-state index contributed by atoms with van der Waals surface area (Å²) in [5.74, 6) is 0.830. The average Bonchev–Trinajstić information content (AvgIpc) is 2.49. The number of hydrogen-bond acceptors (Lipinski definition) is 3. The summed E-state index contributed by atoms with van der Waals surface area (Å²) in [6, 6.07) is 9.53. The van der Waals surface area contributed by atoms with Crippen molar-refractivity contribution in [2.45, 2.75) is 32.6 Å². The van der Waals surface area contributed by atoms with E-state index in [2.05, 4.69) is 10.6 Å². The monoisotopic (exact) mass is 292 g/mol. The number of para-hydroxylation sites is 1. The molecule has 5 heteroatoms. The van der Waals surface area contributed by atoms with Crippen LogP contribution in [0.4, 0.5) is 0 Å². The fourth-order valence-electron chi connectivity index (χ4n) is 1.75. The zero-order valence-electron chi connectivity index (χ0n) is 12.6. The number of benzene rings is 1. The molecule has 21 heavy (non-hydrogen) atoms. The third-order valence-electron chi connectivity index (χ3n) is 2.81. The zero-order chi connectivity index (χ0) is 15.3. The van der Waals surface area contributed by atoms with Gasteiger partial charge in [0.15, 0.2) is 0 Å². The smallest absolute Gasteiger partial charge is 0.220 e. The first-order chi connectivity index (χ1) is 10.2. The van der Waals surface area contributed by atoms with E-state index in [4.69, 9.17) is 4.74 Å². The van der Waals surface area contributed by atoms with Gasteiger partial charge in [0.1, 0.15) is 5.75 Å². The molecule has 2 amide bonds. The summed E-state index contributed by atoms with van der Waals surface area (Å²) in [4.78, 5) is 22.7. The number of carbonyl (C=O) groups is 2. The highest BCUT2D eigenvalue weighted by Gasteiger charge is 2.02. The van der Waals surface area contributed by atoms with Crippen LogP contribution in [0.25, 0.3) is 0 Å². The first-order valence-electron chi connectivity index (χ1n) is 7.43. The van der Waals surface area contributed by atoms with Crippen LogP contribution in [0.1, 0.15) is 32.6 Å². The summed E-state index contributed by atoms with van der Waals surface area (Å²) in [5.41, 5.74) is 0. The van der Waals surface area contributed by atoms with Crippen LogP contribution >= 0.6 is 0 Å². The second-order valence-corrected chi connectivity index (χ2v) is 4.71. The van der Waals surface area contributed by atoms with Gasteiger partial charge in [-0.15, -0.1) is 0 Å². The fraction of sp³-hybridized carbons (Fsp3) is 0.500. The lowest BCUT2D eigenvalue weighted by Gasteiger charge is -2.07. The first-order valence-corrected chi connectivity index (χ1v) is 7.43. The minimum atomic E-state index is -0.0172. The van der Waals surface area contributed by atoms with E-state index in [1.165, 1.54) is 0 Å². The lowest BCUT2D eigenvalue weighted by molar-refractivity contribution is -0.123. The van der Waals surface area contributed by atoms with Crippen LogP contribution in [0, 0.1) is 0 Å². The molecule has 0 fully saturated rings. The van der Waals surface area contributed by atoms with Crippen molar-refractivity contribution in [1.29, 1.82) is 0 Å². The quantitative estimate of drug-likeness (QED) is 0.647. The molecule has 0 unspecified atom stereocenters. The number of carbonyl (C=O) groups excluding carboxylic acids is 2. The predicted molar refractivity (Wildman–Crippen MR) is 82.1 cm³/mol. The van der Waals surface area contributed by atoms with Crippen molar-refractivity contribution >= 4 is 11.8 Å². The maximum Gasteiger partial charge on any atom is 0.220 e. The summed E-state index contributed by atoms with van der Waals surface area (Å²) < 4.78 is 5.50. The van der Waals surface area contributed by atoms with Crippen LogP contribution < -0.4 is 15.4 Å².